The summed E-state index contributed by atoms with van der Waals surface area (Å²) >= 11 is 0. The standard InChI is InChI=1S/C21H34N6O.HI/c1-2-22-21(24-12-11-23-20(28)18-8-9-18)26-16-17-7-10-19(25-15-17)27-13-5-3-4-6-14-27;/h7,10,15,18H,2-6,8-9,11-14,16H2,1H3,(H,23,28)(H2,22,24,26);1H. The SMILES string of the molecule is CCNC(=NCc1ccc(N2CCCCCC2)nc1)NCCNC(=O)C1CC1.I. The van der Waals surface area contributed by atoms with Gasteiger partial charge in [-0.3, -0.25) is 4.79 Å². The van der Waals surface area contributed by atoms with Gasteiger partial charge in [-0.25, -0.2) is 9.98 Å². The zero-order chi connectivity index (χ0) is 19.6. The van der Waals surface area contributed by atoms with Gasteiger partial charge in [0, 0.05) is 44.8 Å². The second kappa shape index (κ2) is 12.9. The van der Waals surface area contributed by atoms with Crippen LogP contribution in [-0.2, 0) is 11.3 Å². The van der Waals surface area contributed by atoms with E-state index in [-0.39, 0.29) is 35.8 Å². The van der Waals surface area contributed by atoms with Crippen LogP contribution < -0.4 is 20.9 Å². The van der Waals surface area contributed by atoms with Gasteiger partial charge in [0.25, 0.3) is 0 Å². The predicted molar refractivity (Wildman–Crippen MR) is 129 cm³/mol. The van der Waals surface area contributed by atoms with E-state index in [0.717, 1.165) is 49.8 Å². The third-order valence-corrected chi connectivity index (χ3v) is 5.17. The van der Waals surface area contributed by atoms with Gasteiger partial charge in [-0.15, -0.1) is 24.0 Å². The maximum absolute atomic E-state index is 11.7. The number of aliphatic imine (C=N–C) groups is 1. The molecule has 2 aliphatic rings. The lowest BCUT2D eigenvalue weighted by atomic mass is 10.2. The van der Waals surface area contributed by atoms with Crippen LogP contribution in [0.5, 0.6) is 0 Å². The molecule has 0 bridgehead atoms. The summed E-state index contributed by atoms with van der Waals surface area (Å²) in [4.78, 5) is 23.3. The zero-order valence-corrected chi connectivity index (χ0v) is 19.8. The minimum absolute atomic E-state index is 0. The van der Waals surface area contributed by atoms with Crippen LogP contribution in [0, 0.1) is 5.92 Å². The number of carbonyl (C=O) groups excluding carboxylic acids is 1. The third-order valence-electron chi connectivity index (χ3n) is 5.17. The lowest BCUT2D eigenvalue weighted by molar-refractivity contribution is -0.122. The molecular formula is C21H35IN6O. The molecule has 3 rings (SSSR count). The first-order chi connectivity index (χ1) is 13.8. The minimum atomic E-state index is 0. The first-order valence-corrected chi connectivity index (χ1v) is 10.8. The summed E-state index contributed by atoms with van der Waals surface area (Å²) in [5.41, 5.74) is 1.10. The lowest BCUT2D eigenvalue weighted by Crippen LogP contribution is -2.41. The van der Waals surface area contributed by atoms with Crippen molar-refractivity contribution in [3.8, 4) is 0 Å². The Morgan fingerprint density at radius 1 is 1.10 bits per heavy atom. The van der Waals surface area contributed by atoms with Crippen LogP contribution in [0.25, 0.3) is 0 Å². The zero-order valence-electron chi connectivity index (χ0n) is 17.5. The van der Waals surface area contributed by atoms with Crippen LogP contribution in [0.1, 0.15) is 51.0 Å². The summed E-state index contributed by atoms with van der Waals surface area (Å²) in [6, 6.07) is 4.24. The normalized spacial score (nSPS) is 17.1. The van der Waals surface area contributed by atoms with E-state index in [1.54, 1.807) is 0 Å². The number of halogens is 1. The molecule has 1 aromatic heterocycles. The molecular weight excluding hydrogens is 479 g/mol. The van der Waals surface area contributed by atoms with Gasteiger partial charge in [-0.1, -0.05) is 18.9 Å². The van der Waals surface area contributed by atoms with Crippen molar-refractivity contribution < 1.29 is 4.79 Å². The van der Waals surface area contributed by atoms with Gasteiger partial charge in [0.1, 0.15) is 5.82 Å². The van der Waals surface area contributed by atoms with E-state index >= 15 is 0 Å². The number of guanidine groups is 1. The minimum Gasteiger partial charge on any atom is -0.357 e. The average molecular weight is 514 g/mol. The van der Waals surface area contributed by atoms with Crippen molar-refractivity contribution in [2.45, 2.75) is 52.0 Å². The molecule has 0 aromatic carbocycles. The Bertz CT molecular complexity index is 639. The highest BCUT2D eigenvalue weighted by atomic mass is 127. The van der Waals surface area contributed by atoms with Crippen molar-refractivity contribution in [2.24, 2.45) is 10.9 Å². The fraction of sp³-hybridized carbons (Fsp3) is 0.667. The lowest BCUT2D eigenvalue weighted by Gasteiger charge is -2.21. The highest BCUT2D eigenvalue weighted by Gasteiger charge is 2.28. The molecule has 0 atom stereocenters. The van der Waals surface area contributed by atoms with Gasteiger partial charge in [0.2, 0.25) is 5.91 Å². The van der Waals surface area contributed by atoms with E-state index in [9.17, 15) is 4.79 Å². The molecule has 8 heteroatoms. The molecule has 2 heterocycles. The topological polar surface area (TPSA) is 81.7 Å². The monoisotopic (exact) mass is 514 g/mol. The van der Waals surface area contributed by atoms with Gasteiger partial charge < -0.3 is 20.9 Å². The molecule has 1 saturated heterocycles. The molecule has 0 radical (unpaired) electrons. The van der Waals surface area contributed by atoms with Crippen molar-refractivity contribution in [1.29, 1.82) is 0 Å². The number of nitrogens with one attached hydrogen (secondary N) is 3. The van der Waals surface area contributed by atoms with Crippen molar-refractivity contribution in [2.75, 3.05) is 37.6 Å². The first kappa shape index (κ1) is 23.7. The first-order valence-electron chi connectivity index (χ1n) is 10.8. The Kier molecular flexibility index (Phi) is 10.5. The molecule has 1 aliphatic heterocycles. The quantitative estimate of drug-likeness (QED) is 0.215. The van der Waals surface area contributed by atoms with Gasteiger partial charge in [-0.05, 0) is 44.2 Å². The van der Waals surface area contributed by atoms with E-state index in [4.69, 9.17) is 0 Å². The summed E-state index contributed by atoms with van der Waals surface area (Å²) in [6.07, 6.45) is 9.17. The summed E-state index contributed by atoms with van der Waals surface area (Å²) < 4.78 is 0. The van der Waals surface area contributed by atoms with Crippen LogP contribution in [0.3, 0.4) is 0 Å². The fourth-order valence-electron chi connectivity index (χ4n) is 3.37. The van der Waals surface area contributed by atoms with E-state index in [1.807, 2.05) is 13.1 Å². The fourth-order valence-corrected chi connectivity index (χ4v) is 3.37. The Morgan fingerprint density at radius 2 is 1.83 bits per heavy atom. The molecule has 1 aromatic rings. The maximum atomic E-state index is 11.7. The molecule has 29 heavy (non-hydrogen) atoms. The van der Waals surface area contributed by atoms with Gasteiger partial charge in [0.05, 0.1) is 6.54 Å². The van der Waals surface area contributed by atoms with Gasteiger partial charge in [-0.2, -0.15) is 0 Å². The number of hydrogen-bond donors (Lipinski definition) is 3. The van der Waals surface area contributed by atoms with E-state index in [0.29, 0.717) is 19.6 Å². The molecule has 0 unspecified atom stereocenters. The Morgan fingerprint density at radius 3 is 2.45 bits per heavy atom. The molecule has 3 N–H and O–H groups in total. The molecule has 1 amide bonds. The smallest absolute Gasteiger partial charge is 0.223 e. The summed E-state index contributed by atoms with van der Waals surface area (Å²) in [7, 11) is 0. The molecule has 7 nitrogen and oxygen atoms in total. The van der Waals surface area contributed by atoms with Crippen LogP contribution >= 0.6 is 24.0 Å². The predicted octanol–water partition coefficient (Wildman–Crippen LogP) is 2.66. The van der Waals surface area contributed by atoms with Gasteiger partial charge in [0.15, 0.2) is 5.96 Å². The number of aromatic nitrogens is 1. The number of rotatable bonds is 8. The molecule has 0 spiro atoms. The third kappa shape index (κ3) is 8.36. The van der Waals surface area contributed by atoms with Crippen molar-refractivity contribution in [1.82, 2.24) is 20.9 Å². The summed E-state index contributed by atoms with van der Waals surface area (Å²) in [5, 5.41) is 9.47. The highest BCUT2D eigenvalue weighted by Crippen LogP contribution is 2.28. The second-order valence-corrected chi connectivity index (χ2v) is 7.61. The second-order valence-electron chi connectivity index (χ2n) is 7.61. The number of carbonyl (C=O) groups is 1. The summed E-state index contributed by atoms with van der Waals surface area (Å²) in [6.45, 7) is 6.92. The van der Waals surface area contributed by atoms with E-state index in [1.165, 1.54) is 25.7 Å². The number of anilines is 1. The van der Waals surface area contributed by atoms with Crippen molar-refractivity contribution in [3.05, 3.63) is 23.9 Å². The van der Waals surface area contributed by atoms with Crippen LogP contribution in [0.15, 0.2) is 23.3 Å². The number of nitrogens with zero attached hydrogens (tertiary/aromatic N) is 3. The highest BCUT2D eigenvalue weighted by molar-refractivity contribution is 14.0. The van der Waals surface area contributed by atoms with Crippen LogP contribution in [-0.4, -0.2) is 49.6 Å². The van der Waals surface area contributed by atoms with Crippen molar-refractivity contribution >= 4 is 41.7 Å². The Labute approximate surface area is 191 Å². The van der Waals surface area contributed by atoms with Crippen LogP contribution in [0.4, 0.5) is 5.82 Å². The van der Waals surface area contributed by atoms with Crippen molar-refractivity contribution in [3.63, 3.8) is 0 Å². The van der Waals surface area contributed by atoms with E-state index < -0.39 is 0 Å². The Hall–Kier alpha value is -1.58. The number of pyridine rings is 1. The molecule has 1 saturated carbocycles. The molecule has 1 aliphatic carbocycles. The van der Waals surface area contributed by atoms with Crippen LogP contribution in [0.2, 0.25) is 0 Å². The molecule has 162 valence electrons. The molecule has 2 fully saturated rings. The Balaban J connectivity index is 0.00000300. The van der Waals surface area contributed by atoms with Gasteiger partial charge >= 0.3 is 0 Å². The summed E-state index contributed by atoms with van der Waals surface area (Å²) in [5.74, 6) is 2.27. The number of hydrogen-bond acceptors (Lipinski definition) is 4. The number of amides is 1. The largest absolute Gasteiger partial charge is 0.357 e. The van der Waals surface area contributed by atoms with E-state index in [2.05, 4.69) is 43.0 Å². The average Bonchev–Trinajstić information content (AvgIpc) is 3.56. The maximum Gasteiger partial charge on any atom is 0.223 e.